The third kappa shape index (κ3) is 3.63. The van der Waals surface area contributed by atoms with Crippen molar-refractivity contribution in [3.8, 4) is 0 Å². The molecule has 0 bridgehead atoms. The van der Waals surface area contributed by atoms with Crippen molar-refractivity contribution in [1.82, 2.24) is 0 Å². The van der Waals surface area contributed by atoms with Crippen LogP contribution in [0.4, 0.5) is 11.4 Å². The summed E-state index contributed by atoms with van der Waals surface area (Å²) in [7, 11) is -3.74. The van der Waals surface area contributed by atoms with Crippen molar-refractivity contribution in [3.05, 3.63) is 89.0 Å². The molecule has 0 saturated heterocycles. The number of fused-ring (bicyclic) bond motifs is 1. The molecule has 0 atom stereocenters. The van der Waals surface area contributed by atoms with Gasteiger partial charge < -0.3 is 4.90 Å². The second kappa shape index (κ2) is 7.37. The van der Waals surface area contributed by atoms with Gasteiger partial charge in [-0.2, -0.15) is 0 Å². The molecule has 0 spiro atoms. The molecule has 4 rings (SSSR count). The predicted molar refractivity (Wildman–Crippen MR) is 115 cm³/mol. The molecule has 0 saturated carbocycles. The highest BCUT2D eigenvalue weighted by atomic mass is 32.2. The van der Waals surface area contributed by atoms with Gasteiger partial charge in [-0.05, 0) is 73.4 Å². The fourth-order valence-corrected chi connectivity index (χ4v) is 4.67. The molecule has 0 radical (unpaired) electrons. The summed E-state index contributed by atoms with van der Waals surface area (Å²) in [6, 6.07) is 19.4. The molecule has 0 unspecified atom stereocenters. The number of benzene rings is 3. The maximum absolute atomic E-state index is 12.9. The van der Waals surface area contributed by atoms with Crippen molar-refractivity contribution in [1.29, 1.82) is 0 Å². The number of nitrogens with one attached hydrogen (secondary N) is 1. The van der Waals surface area contributed by atoms with Crippen LogP contribution in [0.3, 0.4) is 0 Å². The van der Waals surface area contributed by atoms with Gasteiger partial charge in [-0.1, -0.05) is 30.3 Å². The predicted octanol–water partition coefficient (Wildman–Crippen LogP) is 4.31. The summed E-state index contributed by atoms with van der Waals surface area (Å²) < 4.78 is 28.2. The largest absolute Gasteiger partial charge is 0.308 e. The van der Waals surface area contributed by atoms with Gasteiger partial charge in [0.15, 0.2) is 0 Å². The Morgan fingerprint density at radius 1 is 0.931 bits per heavy atom. The average Bonchev–Trinajstić information content (AvgIpc) is 3.15. The molecule has 148 valence electrons. The SMILES string of the molecule is Cc1cccc(NS(=O)(=O)c2ccc(C(=O)N3CCc4ccccc43)cc2)c1C. The number of aryl methyl sites for hydroxylation is 1. The molecule has 1 heterocycles. The third-order valence-corrected chi connectivity index (χ3v) is 6.77. The maximum atomic E-state index is 12.9. The molecule has 1 N–H and O–H groups in total. The topological polar surface area (TPSA) is 66.5 Å². The fraction of sp³-hybridized carbons (Fsp3) is 0.174. The van der Waals surface area contributed by atoms with E-state index in [1.54, 1.807) is 23.1 Å². The van der Waals surface area contributed by atoms with E-state index in [2.05, 4.69) is 4.72 Å². The van der Waals surface area contributed by atoms with E-state index < -0.39 is 10.0 Å². The molecule has 6 heteroatoms. The van der Waals surface area contributed by atoms with Crippen LogP contribution in [-0.2, 0) is 16.4 Å². The van der Waals surface area contributed by atoms with E-state index in [0.717, 1.165) is 28.8 Å². The molecule has 1 aliphatic rings. The number of sulfonamides is 1. The van der Waals surface area contributed by atoms with Crippen molar-refractivity contribution < 1.29 is 13.2 Å². The van der Waals surface area contributed by atoms with Gasteiger partial charge >= 0.3 is 0 Å². The van der Waals surface area contributed by atoms with Gasteiger partial charge in [0.05, 0.1) is 10.6 Å². The Bertz CT molecular complexity index is 1180. The van der Waals surface area contributed by atoms with Crippen molar-refractivity contribution in [3.63, 3.8) is 0 Å². The normalized spacial score (nSPS) is 13.2. The first-order valence-corrected chi connectivity index (χ1v) is 10.9. The van der Waals surface area contributed by atoms with E-state index in [0.29, 0.717) is 17.8 Å². The number of para-hydroxylation sites is 1. The molecule has 29 heavy (non-hydrogen) atoms. The molecule has 0 aromatic heterocycles. The second-order valence-corrected chi connectivity index (χ2v) is 8.90. The van der Waals surface area contributed by atoms with Gasteiger partial charge in [-0.25, -0.2) is 8.42 Å². The lowest BCUT2D eigenvalue weighted by molar-refractivity contribution is 0.0989. The lowest BCUT2D eigenvalue weighted by Crippen LogP contribution is -2.28. The molecule has 1 aliphatic heterocycles. The second-order valence-electron chi connectivity index (χ2n) is 7.21. The molecule has 0 fully saturated rings. The van der Waals surface area contributed by atoms with Crippen LogP contribution < -0.4 is 9.62 Å². The quantitative estimate of drug-likeness (QED) is 0.702. The van der Waals surface area contributed by atoms with E-state index in [9.17, 15) is 13.2 Å². The summed E-state index contributed by atoms with van der Waals surface area (Å²) in [5.74, 6) is -0.124. The molecule has 1 amide bonds. The minimum absolute atomic E-state index is 0.122. The van der Waals surface area contributed by atoms with Crippen LogP contribution in [-0.4, -0.2) is 20.9 Å². The summed E-state index contributed by atoms with van der Waals surface area (Å²) in [4.78, 5) is 14.8. The van der Waals surface area contributed by atoms with Crippen LogP contribution >= 0.6 is 0 Å². The molecule has 3 aromatic rings. The Morgan fingerprint density at radius 2 is 1.66 bits per heavy atom. The zero-order valence-corrected chi connectivity index (χ0v) is 17.2. The van der Waals surface area contributed by atoms with Crippen molar-refractivity contribution in [2.45, 2.75) is 25.2 Å². The number of hydrogen-bond acceptors (Lipinski definition) is 3. The Hall–Kier alpha value is -3.12. The summed E-state index contributed by atoms with van der Waals surface area (Å²) in [5, 5.41) is 0. The van der Waals surface area contributed by atoms with Gasteiger partial charge in [-0.3, -0.25) is 9.52 Å². The van der Waals surface area contributed by atoms with E-state index in [1.807, 2.05) is 50.2 Å². The summed E-state index contributed by atoms with van der Waals surface area (Å²) in [6.45, 7) is 4.44. The zero-order chi connectivity index (χ0) is 20.6. The first-order chi connectivity index (χ1) is 13.9. The summed E-state index contributed by atoms with van der Waals surface area (Å²) in [6.07, 6.45) is 0.828. The average molecular weight is 407 g/mol. The van der Waals surface area contributed by atoms with Crippen molar-refractivity contribution in [2.75, 3.05) is 16.2 Å². The Morgan fingerprint density at radius 3 is 2.41 bits per heavy atom. The lowest BCUT2D eigenvalue weighted by Gasteiger charge is -2.17. The van der Waals surface area contributed by atoms with E-state index >= 15 is 0 Å². The van der Waals surface area contributed by atoms with Gasteiger partial charge in [-0.15, -0.1) is 0 Å². The maximum Gasteiger partial charge on any atom is 0.261 e. The van der Waals surface area contributed by atoms with Gasteiger partial charge in [0.1, 0.15) is 0 Å². The highest BCUT2D eigenvalue weighted by Gasteiger charge is 2.25. The number of carbonyl (C=O) groups is 1. The van der Waals surface area contributed by atoms with Crippen LogP contribution in [0.2, 0.25) is 0 Å². The van der Waals surface area contributed by atoms with Crippen molar-refractivity contribution in [2.24, 2.45) is 0 Å². The standard InChI is InChI=1S/C23H22N2O3S/c1-16-6-5-8-21(17(16)2)24-29(27,28)20-12-10-19(11-13-20)23(26)25-15-14-18-7-3-4-9-22(18)25/h3-13,24H,14-15H2,1-2H3. The molecule has 3 aromatic carbocycles. The number of nitrogens with zero attached hydrogens (tertiary/aromatic N) is 1. The van der Waals surface area contributed by atoms with Gasteiger partial charge in [0.25, 0.3) is 15.9 Å². The lowest BCUT2D eigenvalue weighted by atomic mass is 10.1. The molecular weight excluding hydrogens is 384 g/mol. The number of hydrogen-bond donors (Lipinski definition) is 1. The van der Waals surface area contributed by atoms with E-state index in [-0.39, 0.29) is 10.8 Å². The van der Waals surface area contributed by atoms with E-state index in [4.69, 9.17) is 0 Å². The number of carbonyl (C=O) groups excluding carboxylic acids is 1. The van der Waals surface area contributed by atoms with Crippen LogP contribution in [0.25, 0.3) is 0 Å². The van der Waals surface area contributed by atoms with Crippen molar-refractivity contribution >= 4 is 27.3 Å². The molecular formula is C23H22N2O3S. The minimum atomic E-state index is -3.74. The Kier molecular flexibility index (Phi) is 4.88. The third-order valence-electron chi connectivity index (χ3n) is 5.39. The van der Waals surface area contributed by atoms with Crippen LogP contribution in [0.5, 0.6) is 0 Å². The summed E-state index contributed by atoms with van der Waals surface area (Å²) in [5.41, 5.74) is 4.99. The summed E-state index contributed by atoms with van der Waals surface area (Å²) >= 11 is 0. The zero-order valence-electron chi connectivity index (χ0n) is 16.3. The Labute approximate surface area is 171 Å². The monoisotopic (exact) mass is 406 g/mol. The smallest absolute Gasteiger partial charge is 0.261 e. The fourth-order valence-electron chi connectivity index (χ4n) is 3.55. The number of anilines is 2. The van der Waals surface area contributed by atoms with E-state index in [1.165, 1.54) is 12.1 Å². The molecule has 0 aliphatic carbocycles. The number of rotatable bonds is 4. The number of amides is 1. The van der Waals surface area contributed by atoms with Gasteiger partial charge in [0.2, 0.25) is 0 Å². The van der Waals surface area contributed by atoms with Crippen LogP contribution in [0.1, 0.15) is 27.0 Å². The minimum Gasteiger partial charge on any atom is -0.308 e. The van der Waals surface area contributed by atoms with Crippen LogP contribution in [0, 0.1) is 13.8 Å². The molecule has 5 nitrogen and oxygen atoms in total. The van der Waals surface area contributed by atoms with Crippen LogP contribution in [0.15, 0.2) is 71.6 Å². The first-order valence-electron chi connectivity index (χ1n) is 9.46. The van der Waals surface area contributed by atoms with Gasteiger partial charge in [0, 0.05) is 17.8 Å². The highest BCUT2D eigenvalue weighted by molar-refractivity contribution is 7.92. The first kappa shape index (κ1) is 19.2. The highest BCUT2D eigenvalue weighted by Crippen LogP contribution is 2.29. The Balaban J connectivity index is 1.56.